The molecule has 2 unspecified atom stereocenters. The third kappa shape index (κ3) is 5.59. The van der Waals surface area contributed by atoms with E-state index in [9.17, 15) is 0 Å². The van der Waals surface area contributed by atoms with Gasteiger partial charge in [0.15, 0.2) is 0 Å². The quantitative estimate of drug-likeness (QED) is 0.751. The molecule has 0 amide bonds. The molecule has 0 spiro atoms. The van der Waals surface area contributed by atoms with E-state index in [1.54, 1.807) is 0 Å². The number of rotatable bonds is 9. The lowest BCUT2D eigenvalue weighted by atomic mass is 10.0. The Morgan fingerprint density at radius 2 is 2.35 bits per heavy atom. The van der Waals surface area contributed by atoms with E-state index < -0.39 is 0 Å². The first-order valence-corrected chi connectivity index (χ1v) is 8.13. The normalized spacial score (nSPS) is 20.1. The highest BCUT2D eigenvalue weighted by Crippen LogP contribution is 2.19. The fraction of sp³-hybridized carbons (Fsp3) is 0.706. The number of nitrogens with zero attached hydrogens (tertiary/aromatic N) is 1. The van der Waals surface area contributed by atoms with E-state index in [4.69, 9.17) is 4.74 Å². The second-order valence-electron chi connectivity index (χ2n) is 5.72. The van der Waals surface area contributed by atoms with Crippen LogP contribution in [0, 0.1) is 0 Å². The van der Waals surface area contributed by atoms with Gasteiger partial charge in [0, 0.05) is 24.5 Å². The summed E-state index contributed by atoms with van der Waals surface area (Å²) in [6.45, 7) is 4.30. The lowest BCUT2D eigenvalue weighted by Gasteiger charge is -2.20. The topological polar surface area (TPSA) is 34.2 Å². The summed E-state index contributed by atoms with van der Waals surface area (Å²) in [5.41, 5.74) is 1.20. The van der Waals surface area contributed by atoms with Crippen LogP contribution in [0.3, 0.4) is 0 Å². The summed E-state index contributed by atoms with van der Waals surface area (Å²) in [6.07, 6.45) is 10.7. The molecular weight excluding hydrogens is 248 g/mol. The Morgan fingerprint density at radius 1 is 1.40 bits per heavy atom. The zero-order valence-electron chi connectivity index (χ0n) is 12.7. The van der Waals surface area contributed by atoms with Crippen LogP contribution in [-0.4, -0.2) is 30.3 Å². The molecule has 0 aliphatic carbocycles. The van der Waals surface area contributed by atoms with Crippen molar-refractivity contribution in [3.8, 4) is 0 Å². The molecular formula is C17H28N2O. The Balaban J connectivity index is 1.73. The Hall–Kier alpha value is -0.930. The van der Waals surface area contributed by atoms with Gasteiger partial charge in [-0.2, -0.15) is 0 Å². The highest BCUT2D eigenvalue weighted by Gasteiger charge is 2.17. The van der Waals surface area contributed by atoms with E-state index in [-0.39, 0.29) is 0 Å². The van der Waals surface area contributed by atoms with Crippen molar-refractivity contribution >= 4 is 0 Å². The molecule has 0 radical (unpaired) electrons. The monoisotopic (exact) mass is 276 g/mol. The van der Waals surface area contributed by atoms with Gasteiger partial charge in [-0.3, -0.25) is 4.98 Å². The van der Waals surface area contributed by atoms with Gasteiger partial charge in [-0.25, -0.2) is 0 Å². The minimum Gasteiger partial charge on any atom is -0.378 e. The van der Waals surface area contributed by atoms with Crippen molar-refractivity contribution < 1.29 is 4.74 Å². The maximum absolute atomic E-state index is 5.73. The first kappa shape index (κ1) is 15.5. The molecule has 1 N–H and O–H groups in total. The predicted molar refractivity (Wildman–Crippen MR) is 82.8 cm³/mol. The Labute approximate surface area is 123 Å². The van der Waals surface area contributed by atoms with Crippen molar-refractivity contribution in [2.45, 2.75) is 64.0 Å². The van der Waals surface area contributed by atoms with Crippen LogP contribution >= 0.6 is 0 Å². The number of hydrogen-bond donors (Lipinski definition) is 1. The molecule has 2 atom stereocenters. The van der Waals surface area contributed by atoms with E-state index in [1.165, 1.54) is 44.2 Å². The van der Waals surface area contributed by atoms with Crippen LogP contribution in [0.15, 0.2) is 24.4 Å². The predicted octanol–water partition coefficient (Wildman–Crippen LogP) is 3.34. The van der Waals surface area contributed by atoms with Crippen LogP contribution in [0.25, 0.3) is 0 Å². The maximum atomic E-state index is 5.73. The number of aromatic nitrogens is 1. The molecule has 0 bridgehead atoms. The number of aryl methyl sites for hydroxylation is 1. The SMILES string of the molecule is CCCNC(CCc1ccccn1)CCC1CCCO1. The van der Waals surface area contributed by atoms with Crippen molar-refractivity contribution in [1.82, 2.24) is 10.3 Å². The van der Waals surface area contributed by atoms with Crippen LogP contribution in [-0.2, 0) is 11.2 Å². The summed E-state index contributed by atoms with van der Waals surface area (Å²) in [5.74, 6) is 0. The van der Waals surface area contributed by atoms with Gasteiger partial charge in [0.2, 0.25) is 0 Å². The van der Waals surface area contributed by atoms with Crippen molar-refractivity contribution in [3.05, 3.63) is 30.1 Å². The molecule has 1 saturated heterocycles. The van der Waals surface area contributed by atoms with Crippen molar-refractivity contribution in [2.24, 2.45) is 0 Å². The summed E-state index contributed by atoms with van der Waals surface area (Å²) in [4.78, 5) is 4.42. The van der Waals surface area contributed by atoms with E-state index in [0.717, 1.165) is 19.6 Å². The molecule has 1 aliphatic heterocycles. The van der Waals surface area contributed by atoms with Crippen molar-refractivity contribution in [1.29, 1.82) is 0 Å². The summed E-state index contributed by atoms with van der Waals surface area (Å²) < 4.78 is 5.73. The molecule has 1 fully saturated rings. The third-order valence-electron chi connectivity index (χ3n) is 4.02. The highest BCUT2D eigenvalue weighted by atomic mass is 16.5. The first-order chi connectivity index (χ1) is 9.88. The van der Waals surface area contributed by atoms with Gasteiger partial charge in [0.05, 0.1) is 6.10 Å². The summed E-state index contributed by atoms with van der Waals surface area (Å²) in [5, 5.41) is 3.68. The van der Waals surface area contributed by atoms with Gasteiger partial charge in [0.1, 0.15) is 0 Å². The van der Waals surface area contributed by atoms with E-state index in [0.29, 0.717) is 12.1 Å². The Kier molecular flexibility index (Phi) is 7.02. The second-order valence-corrected chi connectivity index (χ2v) is 5.72. The number of nitrogens with one attached hydrogen (secondary N) is 1. The fourth-order valence-corrected chi connectivity index (χ4v) is 2.82. The standard InChI is InChI=1S/C17H28N2O/c1-2-12-18-16(10-11-17-7-5-14-20-17)9-8-15-6-3-4-13-19-15/h3-4,6,13,16-18H,2,5,7-12,14H2,1H3. The van der Waals surface area contributed by atoms with Crippen LogP contribution in [0.2, 0.25) is 0 Å². The summed E-state index contributed by atoms with van der Waals surface area (Å²) >= 11 is 0. The van der Waals surface area contributed by atoms with Crippen LogP contribution in [0.5, 0.6) is 0 Å². The number of pyridine rings is 1. The molecule has 112 valence electrons. The molecule has 1 aromatic heterocycles. The van der Waals surface area contributed by atoms with Crippen LogP contribution < -0.4 is 5.32 Å². The largest absolute Gasteiger partial charge is 0.378 e. The van der Waals surface area contributed by atoms with Crippen LogP contribution in [0.4, 0.5) is 0 Å². The Morgan fingerprint density at radius 3 is 3.05 bits per heavy atom. The maximum Gasteiger partial charge on any atom is 0.0576 e. The van der Waals surface area contributed by atoms with Crippen molar-refractivity contribution in [3.63, 3.8) is 0 Å². The minimum atomic E-state index is 0.510. The zero-order chi connectivity index (χ0) is 14.0. The smallest absolute Gasteiger partial charge is 0.0576 e. The lowest BCUT2D eigenvalue weighted by molar-refractivity contribution is 0.0993. The lowest BCUT2D eigenvalue weighted by Crippen LogP contribution is -2.31. The minimum absolute atomic E-state index is 0.510. The van der Waals surface area contributed by atoms with Gasteiger partial charge < -0.3 is 10.1 Å². The molecule has 1 aromatic rings. The van der Waals surface area contributed by atoms with Gasteiger partial charge >= 0.3 is 0 Å². The van der Waals surface area contributed by atoms with Gasteiger partial charge in [0.25, 0.3) is 0 Å². The molecule has 0 aromatic carbocycles. The first-order valence-electron chi connectivity index (χ1n) is 8.13. The fourth-order valence-electron chi connectivity index (χ4n) is 2.82. The molecule has 3 nitrogen and oxygen atoms in total. The second kappa shape index (κ2) is 9.09. The average molecular weight is 276 g/mol. The highest BCUT2D eigenvalue weighted by molar-refractivity contribution is 5.03. The van der Waals surface area contributed by atoms with Gasteiger partial charge in [-0.15, -0.1) is 0 Å². The van der Waals surface area contributed by atoms with Gasteiger partial charge in [-0.05, 0) is 63.6 Å². The average Bonchev–Trinajstić information content (AvgIpc) is 3.01. The molecule has 2 rings (SSSR count). The van der Waals surface area contributed by atoms with Crippen molar-refractivity contribution in [2.75, 3.05) is 13.2 Å². The molecule has 0 saturated carbocycles. The Bertz CT molecular complexity index is 349. The van der Waals surface area contributed by atoms with Crippen LogP contribution in [0.1, 0.15) is 51.1 Å². The molecule has 1 aliphatic rings. The van der Waals surface area contributed by atoms with E-state index in [2.05, 4.69) is 29.4 Å². The zero-order valence-corrected chi connectivity index (χ0v) is 12.7. The molecule has 20 heavy (non-hydrogen) atoms. The molecule has 3 heteroatoms. The third-order valence-corrected chi connectivity index (χ3v) is 4.02. The summed E-state index contributed by atoms with van der Waals surface area (Å²) in [7, 11) is 0. The number of hydrogen-bond acceptors (Lipinski definition) is 3. The van der Waals surface area contributed by atoms with E-state index in [1.807, 2.05) is 12.3 Å². The summed E-state index contributed by atoms with van der Waals surface area (Å²) in [6, 6.07) is 6.77. The number of ether oxygens (including phenoxy) is 1. The molecule has 2 heterocycles. The van der Waals surface area contributed by atoms with E-state index >= 15 is 0 Å². The van der Waals surface area contributed by atoms with Gasteiger partial charge in [-0.1, -0.05) is 13.0 Å².